The molecule has 2 rings (SSSR count). The van der Waals surface area contributed by atoms with Gasteiger partial charge in [-0.1, -0.05) is 12.1 Å². The van der Waals surface area contributed by atoms with Crippen molar-refractivity contribution in [1.29, 1.82) is 0 Å². The molecule has 0 unspecified atom stereocenters. The molecular formula is C35H55IN4O9S. The average molecular weight is 835 g/mol. The molecule has 3 N–H and O–H groups in total. The van der Waals surface area contributed by atoms with Crippen LogP contribution in [-0.4, -0.2) is 70.1 Å². The van der Waals surface area contributed by atoms with E-state index in [2.05, 4.69) is 10.6 Å². The van der Waals surface area contributed by atoms with E-state index in [4.69, 9.17) is 14.2 Å². The molecule has 50 heavy (non-hydrogen) atoms. The number of carbonyl (C=O) groups is 2. The maximum Gasteiger partial charge on any atom is -0.0196 e. The molecule has 282 valence electrons. The quantitative estimate of drug-likeness (QED) is 0.0781. The van der Waals surface area contributed by atoms with Crippen LogP contribution < -0.4 is 36.8 Å². The number of nitrogens with zero attached hydrogens (tertiary/aromatic N) is 2. The van der Waals surface area contributed by atoms with E-state index in [0.717, 1.165) is 43.4 Å². The number of methoxy groups -OCH3 is 1. The average Bonchev–Trinajstić information content (AvgIpc) is 2.99. The molecule has 0 radical (unpaired) electrons. The number of carbonyl (C=O) groups excluding carboxylic acids is 2. The first-order chi connectivity index (χ1) is 23.2. The Bertz CT molecular complexity index is 1510. The second-order valence-electron chi connectivity index (χ2n) is 14.4. The fourth-order valence-electron chi connectivity index (χ4n) is 4.97. The third-order valence-electron chi connectivity index (χ3n) is 7.62. The summed E-state index contributed by atoms with van der Waals surface area (Å²) in [7, 11) is -2.44. The van der Waals surface area contributed by atoms with Gasteiger partial charge in [0.25, 0.3) is 0 Å². The molecule has 2 aromatic carbocycles. The van der Waals surface area contributed by atoms with Crippen LogP contribution in [0.2, 0.25) is 0 Å². The maximum absolute atomic E-state index is 14.0. The van der Waals surface area contributed by atoms with E-state index < -0.39 is 60.4 Å². The number of halogens is 1. The Balaban J connectivity index is 1.94. The Morgan fingerprint density at radius 1 is 0.820 bits per heavy atom. The van der Waals surface area contributed by atoms with Crippen LogP contribution in [0.4, 0.5) is 9.59 Å². The molecule has 0 saturated carbocycles. The Morgan fingerprint density at radius 3 is 2.02 bits per heavy atom. The van der Waals surface area contributed by atoms with Crippen molar-refractivity contribution in [2.75, 3.05) is 20.2 Å². The van der Waals surface area contributed by atoms with Gasteiger partial charge < -0.3 is 14.8 Å². The zero-order chi connectivity index (χ0) is 37.6. The normalized spacial score (nSPS) is 12.4. The van der Waals surface area contributed by atoms with Gasteiger partial charge in [-0.15, -0.1) is 0 Å². The molecule has 2 aromatic rings. The first kappa shape index (κ1) is 43.0. The summed E-state index contributed by atoms with van der Waals surface area (Å²) < 4.78 is 45.3. The minimum absolute atomic E-state index is 0.00198. The van der Waals surface area contributed by atoms with E-state index >= 15 is 0 Å². The van der Waals surface area contributed by atoms with E-state index in [-0.39, 0.29) is 27.7 Å². The van der Waals surface area contributed by atoms with Crippen LogP contribution in [0.25, 0.3) is 0 Å². The van der Waals surface area contributed by atoms with Crippen molar-refractivity contribution in [3.8, 4) is 5.75 Å². The first-order valence-corrected chi connectivity index (χ1v) is 20.2. The molecular weight excluding hydrogens is 779 g/mol. The minimum Gasteiger partial charge on any atom is -0.0519 e. The Kier molecular flexibility index (Phi) is 16.7. The molecule has 0 heterocycles. The summed E-state index contributed by atoms with van der Waals surface area (Å²) in [5, 5.41) is 15.1. The zero-order valence-electron chi connectivity index (χ0n) is 30.6. The smallest absolute Gasteiger partial charge is 0.0196 e. The van der Waals surface area contributed by atoms with Crippen LogP contribution in [-0.2, 0) is 26.1 Å². The van der Waals surface area contributed by atoms with Crippen LogP contribution in [0.15, 0.2) is 53.4 Å². The van der Waals surface area contributed by atoms with Crippen molar-refractivity contribution >= 4 is 22.2 Å². The SMILES string of the molecule is COc1ccc(COC(=O)NC(C)(C)CCCCCCCN(CCC(C)(C)NC(=O)OC(C)(C)C)S(=O)(=O)c2ccccc2[I-][N+](=O)O)cc1. The van der Waals surface area contributed by atoms with Crippen LogP contribution in [0.5, 0.6) is 5.75 Å². The zero-order valence-corrected chi connectivity index (χ0v) is 33.6. The van der Waals surface area contributed by atoms with E-state index in [9.17, 15) is 28.1 Å². The van der Waals surface area contributed by atoms with Crippen molar-refractivity contribution in [1.82, 2.24) is 14.9 Å². The van der Waals surface area contributed by atoms with E-state index in [1.54, 1.807) is 59.9 Å². The molecule has 0 bridgehead atoms. The number of alkyl carbamates (subject to hydrolysis) is 2. The van der Waals surface area contributed by atoms with Gasteiger partial charge in [0.2, 0.25) is 0 Å². The third kappa shape index (κ3) is 16.2. The molecule has 0 aliphatic heterocycles. The molecule has 0 aliphatic carbocycles. The van der Waals surface area contributed by atoms with Crippen molar-refractivity contribution in [3.63, 3.8) is 0 Å². The monoisotopic (exact) mass is 834 g/mol. The topological polar surface area (TPSA) is 164 Å². The molecule has 15 heteroatoms. The number of benzene rings is 2. The predicted molar refractivity (Wildman–Crippen MR) is 185 cm³/mol. The van der Waals surface area contributed by atoms with Gasteiger partial charge in [-0.2, -0.15) is 0 Å². The number of nitrogens with one attached hydrogen (secondary N) is 2. The number of hydrogen-bond donors (Lipinski definition) is 3. The predicted octanol–water partition coefficient (Wildman–Crippen LogP) is 3.77. The number of sulfonamides is 1. The molecule has 0 aromatic heterocycles. The molecule has 0 atom stereocenters. The Morgan fingerprint density at radius 2 is 1.40 bits per heavy atom. The molecule has 0 spiro atoms. The molecule has 0 aliphatic rings. The summed E-state index contributed by atoms with van der Waals surface area (Å²) >= 11 is -1.64. The fourth-order valence-corrected chi connectivity index (χ4v) is 8.81. The summed E-state index contributed by atoms with van der Waals surface area (Å²) in [4.78, 5) is 36.3. The Labute approximate surface area is 308 Å². The van der Waals surface area contributed by atoms with Crippen molar-refractivity contribution in [2.24, 2.45) is 0 Å². The minimum atomic E-state index is -4.03. The summed E-state index contributed by atoms with van der Waals surface area (Å²) in [6.45, 7) is 13.3. The number of ether oxygens (including phenoxy) is 3. The van der Waals surface area contributed by atoms with Gasteiger partial charge in [-0.05, 0) is 31.5 Å². The second kappa shape index (κ2) is 19.4. The summed E-state index contributed by atoms with van der Waals surface area (Å²) in [5.41, 5.74) is -1.06. The molecule has 0 saturated heterocycles. The van der Waals surface area contributed by atoms with Gasteiger partial charge in [0.15, 0.2) is 0 Å². The fraction of sp³-hybridized carbons (Fsp3) is 0.600. The van der Waals surface area contributed by atoms with Crippen LogP contribution >= 0.6 is 0 Å². The standard InChI is InChI=1S/C35H55IN4O9S/c1-33(2,3)49-32(42)38-35(6,7)23-25-39(50(45,46)30-17-13-12-16-29(30)36-40(43)44)24-15-11-9-10-14-22-34(4,5)37-31(41)48-26-27-18-20-28(47-8)21-19-27/h12-13,16-21H,9-11,14-15,22-26H2,1-8H3,(H,37,41)(H,38,42)(H,43,44). The Hall–Kier alpha value is -3.18. The van der Waals surface area contributed by atoms with Crippen molar-refractivity contribution < 1.29 is 62.0 Å². The second-order valence-corrected chi connectivity index (χ2v) is 18.7. The first-order valence-electron chi connectivity index (χ1n) is 16.7. The van der Waals surface area contributed by atoms with E-state index in [1.807, 2.05) is 38.1 Å². The molecule has 0 fully saturated rings. The summed E-state index contributed by atoms with van der Waals surface area (Å²) in [5.74, 6) is 0.731. The van der Waals surface area contributed by atoms with Crippen molar-refractivity contribution in [2.45, 2.75) is 122 Å². The third-order valence-corrected chi connectivity index (χ3v) is 11.8. The largest absolute Gasteiger partial charge is 0.0519 e. The van der Waals surface area contributed by atoms with E-state index in [0.29, 0.717) is 16.4 Å². The number of amides is 2. The number of hydrogen-bond acceptors (Lipinski definition) is 8. The van der Waals surface area contributed by atoms with Gasteiger partial charge in [-0.25, -0.2) is 4.79 Å². The van der Waals surface area contributed by atoms with E-state index in [1.165, 1.54) is 10.4 Å². The molecule has 13 nitrogen and oxygen atoms in total. The maximum atomic E-state index is 14.0. The van der Waals surface area contributed by atoms with Crippen LogP contribution in [0.3, 0.4) is 0 Å². The number of rotatable bonds is 20. The van der Waals surface area contributed by atoms with Gasteiger partial charge in [0, 0.05) is 0 Å². The van der Waals surface area contributed by atoms with Crippen LogP contribution in [0.1, 0.15) is 99.0 Å². The summed E-state index contributed by atoms with van der Waals surface area (Å²) in [6, 6.07) is 13.5. The number of unbranched alkanes of at least 4 members (excludes halogenated alkanes) is 4. The van der Waals surface area contributed by atoms with Gasteiger partial charge >= 0.3 is 227 Å². The van der Waals surface area contributed by atoms with Crippen LogP contribution in [0, 0.1) is 8.48 Å². The molecule has 2 amide bonds. The van der Waals surface area contributed by atoms with Crippen molar-refractivity contribution in [3.05, 3.63) is 62.6 Å². The summed E-state index contributed by atoms with van der Waals surface area (Å²) in [6.07, 6.45) is 3.99. The van der Waals surface area contributed by atoms with Gasteiger partial charge in [-0.3, -0.25) is 0 Å². The van der Waals surface area contributed by atoms with Gasteiger partial charge in [0.05, 0.1) is 7.11 Å². The van der Waals surface area contributed by atoms with Gasteiger partial charge in [0.1, 0.15) is 12.4 Å².